The van der Waals surface area contributed by atoms with Gasteiger partial charge in [-0.1, -0.05) is 18.2 Å². The van der Waals surface area contributed by atoms with Crippen LogP contribution in [0.1, 0.15) is 26.3 Å². The first-order chi connectivity index (χ1) is 10.1. The Morgan fingerprint density at radius 1 is 0.952 bits per heavy atom. The first-order valence-corrected chi connectivity index (χ1v) is 6.44. The van der Waals surface area contributed by atoms with Crippen LogP contribution in [0.15, 0.2) is 54.6 Å². The van der Waals surface area contributed by atoms with E-state index in [1.54, 1.807) is 49.5 Å². The van der Waals surface area contributed by atoms with E-state index >= 15 is 0 Å². The van der Waals surface area contributed by atoms with Gasteiger partial charge < -0.3 is 10.4 Å². The summed E-state index contributed by atoms with van der Waals surface area (Å²) in [4.78, 5) is 23.3. The van der Waals surface area contributed by atoms with E-state index in [-0.39, 0.29) is 17.4 Å². The standard InChI is InChI=1S/C17H15NO3/c1-18-17(21)14-5-2-12(3-6-14)4-11-16(20)13-7-9-15(19)10-8-13/h2-11,19H,1H3,(H,18,21)/b11-4+. The lowest BCUT2D eigenvalue weighted by Gasteiger charge is -2.00. The molecular weight excluding hydrogens is 266 g/mol. The Kier molecular flexibility index (Phi) is 4.51. The highest BCUT2D eigenvalue weighted by molar-refractivity contribution is 6.06. The third kappa shape index (κ3) is 3.79. The van der Waals surface area contributed by atoms with Gasteiger partial charge in [-0.05, 0) is 48.0 Å². The highest BCUT2D eigenvalue weighted by Gasteiger charge is 2.03. The van der Waals surface area contributed by atoms with Gasteiger partial charge in [0.25, 0.3) is 5.91 Å². The van der Waals surface area contributed by atoms with E-state index < -0.39 is 0 Å². The van der Waals surface area contributed by atoms with Crippen molar-refractivity contribution < 1.29 is 14.7 Å². The van der Waals surface area contributed by atoms with Crippen molar-refractivity contribution in [3.8, 4) is 5.75 Å². The lowest BCUT2D eigenvalue weighted by molar-refractivity contribution is 0.0962. The third-order valence-electron chi connectivity index (χ3n) is 2.98. The molecule has 0 bridgehead atoms. The quantitative estimate of drug-likeness (QED) is 0.669. The topological polar surface area (TPSA) is 66.4 Å². The van der Waals surface area contributed by atoms with Crippen LogP contribution in [0, 0.1) is 0 Å². The van der Waals surface area contributed by atoms with Gasteiger partial charge in [-0.25, -0.2) is 0 Å². The van der Waals surface area contributed by atoms with Crippen LogP contribution in [-0.4, -0.2) is 23.8 Å². The number of ketones is 1. The molecule has 0 spiro atoms. The highest BCUT2D eigenvalue weighted by atomic mass is 16.3. The highest BCUT2D eigenvalue weighted by Crippen LogP contribution is 2.12. The van der Waals surface area contributed by atoms with Crippen molar-refractivity contribution in [3.05, 3.63) is 71.3 Å². The van der Waals surface area contributed by atoms with Gasteiger partial charge in [0.15, 0.2) is 5.78 Å². The number of hydrogen-bond acceptors (Lipinski definition) is 3. The minimum absolute atomic E-state index is 0.125. The molecule has 2 N–H and O–H groups in total. The zero-order valence-corrected chi connectivity index (χ0v) is 11.5. The number of phenolic OH excluding ortho intramolecular Hbond substituents is 1. The summed E-state index contributed by atoms with van der Waals surface area (Å²) in [5.74, 6) is -0.170. The molecular formula is C17H15NO3. The Bertz CT molecular complexity index is 670. The van der Waals surface area contributed by atoms with E-state index in [1.807, 2.05) is 0 Å². The molecule has 0 aromatic heterocycles. The van der Waals surface area contributed by atoms with Crippen molar-refractivity contribution in [3.63, 3.8) is 0 Å². The fraction of sp³-hybridized carbons (Fsp3) is 0.0588. The van der Waals surface area contributed by atoms with Crippen LogP contribution in [0.5, 0.6) is 5.75 Å². The molecule has 0 aliphatic rings. The number of nitrogens with one attached hydrogen (secondary N) is 1. The first kappa shape index (κ1) is 14.5. The summed E-state index contributed by atoms with van der Waals surface area (Å²) in [5, 5.41) is 11.7. The second kappa shape index (κ2) is 6.52. The number of allylic oxidation sites excluding steroid dienone is 1. The van der Waals surface area contributed by atoms with Crippen LogP contribution >= 0.6 is 0 Å². The summed E-state index contributed by atoms with van der Waals surface area (Å²) < 4.78 is 0. The fourth-order valence-electron chi connectivity index (χ4n) is 1.78. The van der Waals surface area contributed by atoms with Gasteiger partial charge in [-0.2, -0.15) is 0 Å². The summed E-state index contributed by atoms with van der Waals surface area (Å²) in [7, 11) is 1.58. The Balaban J connectivity index is 2.08. The van der Waals surface area contributed by atoms with Crippen molar-refractivity contribution in [2.45, 2.75) is 0 Å². The second-order valence-electron chi connectivity index (χ2n) is 4.45. The van der Waals surface area contributed by atoms with Crippen molar-refractivity contribution in [1.29, 1.82) is 0 Å². The molecule has 0 atom stereocenters. The van der Waals surface area contributed by atoms with Gasteiger partial charge in [-0.15, -0.1) is 0 Å². The molecule has 2 aromatic rings. The van der Waals surface area contributed by atoms with Crippen LogP contribution in [0.4, 0.5) is 0 Å². The van der Waals surface area contributed by atoms with Gasteiger partial charge in [0.1, 0.15) is 5.75 Å². The van der Waals surface area contributed by atoms with E-state index in [2.05, 4.69) is 5.32 Å². The molecule has 0 aliphatic carbocycles. The van der Waals surface area contributed by atoms with Gasteiger partial charge >= 0.3 is 0 Å². The molecule has 0 aliphatic heterocycles. The number of amides is 1. The summed E-state index contributed by atoms with van der Waals surface area (Å²) in [5.41, 5.74) is 1.90. The molecule has 0 radical (unpaired) electrons. The maximum Gasteiger partial charge on any atom is 0.251 e. The molecule has 0 unspecified atom stereocenters. The smallest absolute Gasteiger partial charge is 0.251 e. The van der Waals surface area contributed by atoms with Crippen LogP contribution in [-0.2, 0) is 0 Å². The zero-order valence-electron chi connectivity index (χ0n) is 11.5. The Hall–Kier alpha value is -2.88. The Morgan fingerprint density at radius 3 is 2.10 bits per heavy atom. The monoisotopic (exact) mass is 281 g/mol. The first-order valence-electron chi connectivity index (χ1n) is 6.44. The molecule has 0 saturated heterocycles. The maximum absolute atomic E-state index is 11.9. The Labute approximate surface area is 122 Å². The van der Waals surface area contributed by atoms with E-state index in [9.17, 15) is 14.7 Å². The number of aromatic hydroxyl groups is 1. The molecule has 2 aromatic carbocycles. The molecule has 0 fully saturated rings. The van der Waals surface area contributed by atoms with E-state index in [4.69, 9.17) is 0 Å². The average molecular weight is 281 g/mol. The summed E-state index contributed by atoms with van der Waals surface area (Å²) in [6, 6.07) is 13.0. The van der Waals surface area contributed by atoms with Gasteiger partial charge in [0.2, 0.25) is 0 Å². The zero-order chi connectivity index (χ0) is 15.2. The molecule has 0 heterocycles. The fourth-order valence-corrected chi connectivity index (χ4v) is 1.78. The lowest BCUT2D eigenvalue weighted by atomic mass is 10.1. The van der Waals surface area contributed by atoms with E-state index in [0.717, 1.165) is 5.56 Å². The normalized spacial score (nSPS) is 10.5. The van der Waals surface area contributed by atoms with E-state index in [1.165, 1.54) is 18.2 Å². The maximum atomic E-state index is 11.9. The number of hydrogen-bond donors (Lipinski definition) is 2. The Morgan fingerprint density at radius 2 is 1.52 bits per heavy atom. The molecule has 4 nitrogen and oxygen atoms in total. The van der Waals surface area contributed by atoms with Crippen LogP contribution in [0.2, 0.25) is 0 Å². The summed E-state index contributed by atoms with van der Waals surface area (Å²) in [6.07, 6.45) is 3.14. The predicted octanol–water partition coefficient (Wildman–Crippen LogP) is 2.65. The number of phenols is 1. The van der Waals surface area contributed by atoms with Crippen LogP contribution in [0.25, 0.3) is 6.08 Å². The SMILES string of the molecule is CNC(=O)c1ccc(/C=C/C(=O)c2ccc(O)cc2)cc1. The van der Waals surface area contributed by atoms with Crippen LogP contribution in [0.3, 0.4) is 0 Å². The van der Waals surface area contributed by atoms with Crippen molar-refractivity contribution in [2.75, 3.05) is 7.05 Å². The predicted molar refractivity (Wildman–Crippen MR) is 81.3 cm³/mol. The number of carbonyl (C=O) groups excluding carboxylic acids is 2. The second-order valence-corrected chi connectivity index (χ2v) is 4.45. The number of carbonyl (C=O) groups is 2. The minimum Gasteiger partial charge on any atom is -0.508 e. The molecule has 21 heavy (non-hydrogen) atoms. The molecule has 4 heteroatoms. The largest absolute Gasteiger partial charge is 0.508 e. The lowest BCUT2D eigenvalue weighted by Crippen LogP contribution is -2.17. The van der Waals surface area contributed by atoms with Gasteiger partial charge in [0.05, 0.1) is 0 Å². The van der Waals surface area contributed by atoms with Crippen molar-refractivity contribution >= 4 is 17.8 Å². The third-order valence-corrected chi connectivity index (χ3v) is 2.98. The van der Waals surface area contributed by atoms with Crippen molar-refractivity contribution in [1.82, 2.24) is 5.32 Å². The average Bonchev–Trinajstić information content (AvgIpc) is 2.53. The minimum atomic E-state index is -0.148. The van der Waals surface area contributed by atoms with Gasteiger partial charge in [0, 0.05) is 18.2 Å². The van der Waals surface area contributed by atoms with Crippen LogP contribution < -0.4 is 5.32 Å². The molecule has 0 saturated carbocycles. The van der Waals surface area contributed by atoms with E-state index in [0.29, 0.717) is 11.1 Å². The molecule has 2 rings (SSSR count). The molecule has 1 amide bonds. The van der Waals surface area contributed by atoms with Gasteiger partial charge in [-0.3, -0.25) is 9.59 Å². The summed E-state index contributed by atoms with van der Waals surface area (Å²) in [6.45, 7) is 0. The molecule has 106 valence electrons. The number of benzene rings is 2. The van der Waals surface area contributed by atoms with Crippen molar-refractivity contribution in [2.24, 2.45) is 0 Å². The summed E-state index contributed by atoms with van der Waals surface area (Å²) >= 11 is 0. The number of rotatable bonds is 4.